The van der Waals surface area contributed by atoms with E-state index in [0.29, 0.717) is 18.3 Å². The number of carbonyl (C=O) groups is 1. The third-order valence-corrected chi connectivity index (χ3v) is 3.98. The van der Waals surface area contributed by atoms with Gasteiger partial charge in [0.2, 0.25) is 0 Å². The summed E-state index contributed by atoms with van der Waals surface area (Å²) in [6.45, 7) is -1.08. The Hall–Kier alpha value is -2.89. The quantitative estimate of drug-likeness (QED) is 0.363. The number of hydrogen-bond donors (Lipinski definition) is 0. The second kappa shape index (κ2) is 8.66. The lowest BCUT2D eigenvalue weighted by molar-refractivity contribution is -0.131. The maximum atomic E-state index is 12.6. The van der Waals surface area contributed by atoms with Crippen LogP contribution in [0.3, 0.4) is 0 Å². The summed E-state index contributed by atoms with van der Waals surface area (Å²) in [4.78, 5) is 11.2. The van der Waals surface area contributed by atoms with Crippen molar-refractivity contribution < 1.29 is 27.8 Å². The van der Waals surface area contributed by atoms with Crippen LogP contribution < -0.4 is 14.2 Å². The largest absolute Gasteiger partial charge is 0.489 e. The van der Waals surface area contributed by atoms with Crippen LogP contribution in [0.15, 0.2) is 42.5 Å². The molecule has 0 radical (unpaired) electrons. The fourth-order valence-corrected chi connectivity index (χ4v) is 2.48. The van der Waals surface area contributed by atoms with Crippen molar-refractivity contribution >= 4 is 18.1 Å². The molecule has 2 aromatic carbocycles. The van der Waals surface area contributed by atoms with Gasteiger partial charge in [-0.25, -0.2) is 0 Å². The molecule has 27 heavy (non-hydrogen) atoms. The Morgan fingerprint density at radius 2 is 1.89 bits per heavy atom. The Morgan fingerprint density at radius 1 is 1.11 bits per heavy atom. The van der Waals surface area contributed by atoms with E-state index in [2.05, 4.69) is 4.74 Å². The molecule has 3 rings (SSSR count). The van der Waals surface area contributed by atoms with Gasteiger partial charge in [0, 0.05) is 12.5 Å². The van der Waals surface area contributed by atoms with Gasteiger partial charge in [0.15, 0.2) is 11.5 Å². The number of halogens is 2. The fourth-order valence-electron chi connectivity index (χ4n) is 2.48. The lowest BCUT2D eigenvalue weighted by Crippen LogP contribution is -2.06. The van der Waals surface area contributed by atoms with E-state index in [9.17, 15) is 13.6 Å². The number of hydrogen-bond acceptors (Lipinski definition) is 4. The summed E-state index contributed by atoms with van der Waals surface area (Å²) in [6, 6.07) is 11.9. The maximum Gasteiger partial charge on any atom is 0.387 e. The summed E-state index contributed by atoms with van der Waals surface area (Å²) in [5.74, 6) is 0.837. The van der Waals surface area contributed by atoms with Crippen LogP contribution >= 0.6 is 0 Å². The minimum atomic E-state index is -2.91. The van der Waals surface area contributed by atoms with Gasteiger partial charge in [-0.3, -0.25) is 4.79 Å². The van der Waals surface area contributed by atoms with E-state index in [0.717, 1.165) is 24.0 Å². The molecule has 1 aliphatic carbocycles. The summed E-state index contributed by atoms with van der Waals surface area (Å²) in [5.41, 5.74) is 1.47. The number of carbonyl (C=O) groups excluding carboxylic acids is 1. The van der Waals surface area contributed by atoms with Crippen LogP contribution in [-0.2, 0) is 4.79 Å². The van der Waals surface area contributed by atoms with Gasteiger partial charge in [0.25, 0.3) is 0 Å². The minimum Gasteiger partial charge on any atom is -0.489 e. The van der Waals surface area contributed by atoms with Crippen molar-refractivity contribution in [2.45, 2.75) is 26.4 Å². The Balaban J connectivity index is 1.80. The Kier molecular flexibility index (Phi) is 6.06. The first-order valence-corrected chi connectivity index (χ1v) is 8.68. The molecule has 0 amide bonds. The first-order chi connectivity index (χ1) is 13.0. The highest BCUT2D eigenvalue weighted by Gasteiger charge is 2.23. The van der Waals surface area contributed by atoms with E-state index >= 15 is 0 Å². The molecule has 0 saturated heterocycles. The maximum absolute atomic E-state index is 12.6. The van der Waals surface area contributed by atoms with Crippen molar-refractivity contribution in [3.8, 4) is 17.2 Å². The second-order valence-corrected chi connectivity index (χ2v) is 6.30. The zero-order chi connectivity index (χ0) is 19.2. The van der Waals surface area contributed by atoms with Crippen LogP contribution in [0, 0.1) is 5.92 Å². The van der Waals surface area contributed by atoms with E-state index in [1.165, 1.54) is 13.0 Å². The molecule has 0 aromatic heterocycles. The SMILES string of the molecule is CC(=O)Oc1ccccc1/C=C/c1ccc(OC(F)F)c(OCC2CC2)c1. The highest BCUT2D eigenvalue weighted by atomic mass is 19.3. The van der Waals surface area contributed by atoms with Crippen LogP contribution in [0.25, 0.3) is 12.2 Å². The van der Waals surface area contributed by atoms with Crippen LogP contribution in [0.1, 0.15) is 30.9 Å². The lowest BCUT2D eigenvalue weighted by Gasteiger charge is -2.12. The lowest BCUT2D eigenvalue weighted by atomic mass is 10.1. The minimum absolute atomic E-state index is 0.0168. The van der Waals surface area contributed by atoms with Gasteiger partial charge >= 0.3 is 12.6 Å². The van der Waals surface area contributed by atoms with Gasteiger partial charge in [-0.1, -0.05) is 36.4 Å². The van der Waals surface area contributed by atoms with Crippen molar-refractivity contribution in [3.63, 3.8) is 0 Å². The van der Waals surface area contributed by atoms with E-state index in [-0.39, 0.29) is 11.5 Å². The van der Waals surface area contributed by atoms with Crippen LogP contribution in [0.2, 0.25) is 0 Å². The molecule has 1 saturated carbocycles. The van der Waals surface area contributed by atoms with Gasteiger partial charge in [-0.2, -0.15) is 8.78 Å². The molecular weight excluding hydrogens is 354 g/mol. The zero-order valence-electron chi connectivity index (χ0n) is 14.9. The Morgan fingerprint density at radius 3 is 2.59 bits per heavy atom. The predicted molar refractivity (Wildman–Crippen MR) is 98.0 cm³/mol. The van der Waals surface area contributed by atoms with Crippen molar-refractivity contribution in [1.29, 1.82) is 0 Å². The normalized spacial score (nSPS) is 13.8. The number of benzene rings is 2. The highest BCUT2D eigenvalue weighted by Crippen LogP contribution is 2.34. The molecule has 0 unspecified atom stereocenters. The van der Waals surface area contributed by atoms with Gasteiger partial charge in [-0.15, -0.1) is 0 Å². The topological polar surface area (TPSA) is 44.8 Å². The molecular formula is C21H20F2O4. The smallest absolute Gasteiger partial charge is 0.387 e. The Bertz CT molecular complexity index is 829. The van der Waals surface area contributed by atoms with Gasteiger partial charge in [0.05, 0.1) is 6.61 Å². The monoisotopic (exact) mass is 374 g/mol. The average molecular weight is 374 g/mol. The molecule has 0 aliphatic heterocycles. The molecule has 4 nitrogen and oxygen atoms in total. The Labute approximate surface area is 156 Å². The van der Waals surface area contributed by atoms with Crippen LogP contribution in [-0.4, -0.2) is 19.2 Å². The van der Waals surface area contributed by atoms with Crippen molar-refractivity contribution in [1.82, 2.24) is 0 Å². The second-order valence-electron chi connectivity index (χ2n) is 6.30. The van der Waals surface area contributed by atoms with Gasteiger partial charge in [-0.05, 0) is 42.5 Å². The molecule has 142 valence electrons. The molecule has 1 fully saturated rings. The standard InChI is InChI=1S/C21H20F2O4/c1-14(24)26-18-5-3-2-4-17(18)10-8-15-9-11-19(27-21(22)23)20(12-15)25-13-16-6-7-16/h2-5,8-12,16,21H,6-7,13H2,1H3/b10-8+. The molecule has 0 spiro atoms. The van der Waals surface area contributed by atoms with Crippen LogP contribution in [0.4, 0.5) is 8.78 Å². The summed E-state index contributed by atoms with van der Waals surface area (Å²) in [6.07, 6.45) is 5.76. The number of esters is 1. The number of rotatable bonds is 8. The number of ether oxygens (including phenoxy) is 3. The van der Waals surface area contributed by atoms with E-state index in [1.54, 1.807) is 36.4 Å². The summed E-state index contributed by atoms with van der Waals surface area (Å²) < 4.78 is 40.6. The zero-order valence-corrected chi connectivity index (χ0v) is 14.9. The predicted octanol–water partition coefficient (Wildman–Crippen LogP) is 5.17. The molecule has 0 N–H and O–H groups in total. The molecule has 2 aromatic rings. The molecule has 0 heterocycles. The van der Waals surface area contributed by atoms with E-state index < -0.39 is 12.6 Å². The summed E-state index contributed by atoms with van der Waals surface area (Å²) in [7, 11) is 0. The first kappa shape index (κ1) is 18.9. The molecule has 0 atom stereocenters. The van der Waals surface area contributed by atoms with E-state index in [4.69, 9.17) is 9.47 Å². The number of para-hydroxylation sites is 1. The third-order valence-electron chi connectivity index (χ3n) is 3.98. The van der Waals surface area contributed by atoms with Gasteiger partial charge < -0.3 is 14.2 Å². The fraction of sp³-hybridized carbons (Fsp3) is 0.286. The number of alkyl halides is 2. The van der Waals surface area contributed by atoms with Crippen molar-refractivity contribution in [2.75, 3.05) is 6.61 Å². The van der Waals surface area contributed by atoms with Gasteiger partial charge in [0.1, 0.15) is 5.75 Å². The van der Waals surface area contributed by atoms with E-state index in [1.807, 2.05) is 12.1 Å². The summed E-state index contributed by atoms with van der Waals surface area (Å²) >= 11 is 0. The first-order valence-electron chi connectivity index (χ1n) is 8.68. The molecule has 1 aliphatic rings. The highest BCUT2D eigenvalue weighted by molar-refractivity contribution is 5.76. The van der Waals surface area contributed by atoms with Crippen molar-refractivity contribution in [2.24, 2.45) is 5.92 Å². The molecule has 0 bridgehead atoms. The average Bonchev–Trinajstić information content (AvgIpc) is 3.44. The summed E-state index contributed by atoms with van der Waals surface area (Å²) in [5, 5.41) is 0. The molecule has 6 heteroatoms. The van der Waals surface area contributed by atoms with Crippen molar-refractivity contribution in [3.05, 3.63) is 53.6 Å². The van der Waals surface area contributed by atoms with Crippen LogP contribution in [0.5, 0.6) is 17.2 Å². The third kappa shape index (κ3) is 5.81.